The fraction of sp³-hybridized carbons (Fsp3) is 0.375. The monoisotopic (exact) mass is 285 g/mol. The predicted molar refractivity (Wildman–Crippen MR) is 80.2 cm³/mol. The number of hydrogen-bond donors (Lipinski definition) is 1. The number of aromatic nitrogens is 2. The summed E-state index contributed by atoms with van der Waals surface area (Å²) in [5.41, 5.74) is 1.40. The van der Waals surface area contributed by atoms with Crippen LogP contribution >= 0.6 is 11.6 Å². The van der Waals surface area contributed by atoms with Gasteiger partial charge in [0.05, 0.1) is 0 Å². The number of benzene rings is 1. The molecule has 2 fully saturated rings. The van der Waals surface area contributed by atoms with Crippen LogP contribution < -0.4 is 5.32 Å². The maximum Gasteiger partial charge on any atom is 0.135 e. The lowest BCUT2D eigenvalue weighted by Gasteiger charge is -2.07. The first kappa shape index (κ1) is 12.2. The minimum Gasteiger partial charge on any atom is -0.367 e. The number of hydrogen-bond acceptors (Lipinski definition) is 3. The highest BCUT2D eigenvalue weighted by molar-refractivity contribution is 6.29. The van der Waals surface area contributed by atoms with E-state index in [1.165, 1.54) is 18.4 Å². The predicted octanol–water partition coefficient (Wildman–Crippen LogP) is 3.98. The van der Waals surface area contributed by atoms with E-state index in [0.717, 1.165) is 18.1 Å². The van der Waals surface area contributed by atoms with Crippen molar-refractivity contribution in [1.82, 2.24) is 9.97 Å². The third-order valence-electron chi connectivity index (χ3n) is 4.01. The Bertz CT molecular complexity index is 625. The highest BCUT2D eigenvalue weighted by Crippen LogP contribution is 2.43. The van der Waals surface area contributed by atoms with E-state index in [1.54, 1.807) is 0 Å². The number of nitrogens with zero attached hydrogens (tertiary/aromatic N) is 2. The van der Waals surface area contributed by atoms with Gasteiger partial charge in [-0.15, -0.1) is 0 Å². The van der Waals surface area contributed by atoms with Crippen LogP contribution in [0.1, 0.15) is 42.5 Å². The van der Waals surface area contributed by atoms with Crippen LogP contribution in [0.4, 0.5) is 5.82 Å². The summed E-state index contributed by atoms with van der Waals surface area (Å²) in [5.74, 6) is 2.89. The first-order valence-corrected chi connectivity index (χ1v) is 7.53. The normalized spacial score (nSPS) is 24.4. The number of halogens is 1. The largest absolute Gasteiger partial charge is 0.367 e. The molecule has 20 heavy (non-hydrogen) atoms. The average Bonchev–Trinajstić information content (AvgIpc) is 3.34. The zero-order valence-electron chi connectivity index (χ0n) is 11.1. The van der Waals surface area contributed by atoms with E-state index in [0.29, 0.717) is 23.0 Å². The van der Waals surface area contributed by atoms with Gasteiger partial charge < -0.3 is 5.32 Å². The SMILES string of the molecule is Clc1cc(NC2CC2c2ccccc2)nc(C2CC2)n1. The highest BCUT2D eigenvalue weighted by atomic mass is 35.5. The molecule has 0 amide bonds. The molecule has 0 spiro atoms. The van der Waals surface area contributed by atoms with Gasteiger partial charge in [-0.3, -0.25) is 0 Å². The van der Waals surface area contributed by atoms with Gasteiger partial charge in [0.25, 0.3) is 0 Å². The third kappa shape index (κ3) is 2.50. The Balaban J connectivity index is 1.48. The van der Waals surface area contributed by atoms with Gasteiger partial charge in [0, 0.05) is 23.9 Å². The minimum atomic E-state index is 0.468. The van der Waals surface area contributed by atoms with E-state index >= 15 is 0 Å². The van der Waals surface area contributed by atoms with Crippen molar-refractivity contribution in [3.8, 4) is 0 Å². The van der Waals surface area contributed by atoms with Gasteiger partial charge >= 0.3 is 0 Å². The van der Waals surface area contributed by atoms with Crippen molar-refractivity contribution in [2.45, 2.75) is 37.1 Å². The lowest BCUT2D eigenvalue weighted by Crippen LogP contribution is -2.07. The third-order valence-corrected chi connectivity index (χ3v) is 4.20. The molecule has 3 nitrogen and oxygen atoms in total. The summed E-state index contributed by atoms with van der Waals surface area (Å²) >= 11 is 6.09. The first-order valence-electron chi connectivity index (χ1n) is 7.15. The van der Waals surface area contributed by atoms with Crippen molar-refractivity contribution in [2.75, 3.05) is 5.32 Å². The molecule has 102 valence electrons. The number of rotatable bonds is 4. The van der Waals surface area contributed by atoms with Gasteiger partial charge in [-0.1, -0.05) is 41.9 Å². The summed E-state index contributed by atoms with van der Waals surface area (Å²) in [7, 11) is 0. The Labute approximate surface area is 123 Å². The second kappa shape index (κ2) is 4.74. The van der Waals surface area contributed by atoms with Crippen LogP contribution in [-0.4, -0.2) is 16.0 Å². The van der Waals surface area contributed by atoms with Gasteiger partial charge in [0.1, 0.15) is 16.8 Å². The molecule has 4 rings (SSSR count). The smallest absolute Gasteiger partial charge is 0.135 e. The molecule has 0 radical (unpaired) electrons. The van der Waals surface area contributed by atoms with E-state index in [4.69, 9.17) is 11.6 Å². The zero-order valence-corrected chi connectivity index (χ0v) is 11.8. The first-order chi connectivity index (χ1) is 9.79. The van der Waals surface area contributed by atoms with Crippen LogP contribution in [-0.2, 0) is 0 Å². The van der Waals surface area contributed by atoms with E-state index in [2.05, 4.69) is 45.6 Å². The molecule has 2 saturated carbocycles. The van der Waals surface area contributed by atoms with Crippen molar-refractivity contribution in [3.05, 3.63) is 52.9 Å². The Morgan fingerprint density at radius 2 is 1.90 bits per heavy atom. The molecular weight excluding hydrogens is 270 g/mol. The summed E-state index contributed by atoms with van der Waals surface area (Å²) < 4.78 is 0. The summed E-state index contributed by atoms with van der Waals surface area (Å²) in [4.78, 5) is 8.91. The molecule has 1 aromatic heterocycles. The summed E-state index contributed by atoms with van der Waals surface area (Å²) in [6.07, 6.45) is 3.54. The van der Waals surface area contributed by atoms with Crippen molar-refractivity contribution < 1.29 is 0 Å². The topological polar surface area (TPSA) is 37.8 Å². The van der Waals surface area contributed by atoms with E-state index < -0.39 is 0 Å². The Morgan fingerprint density at radius 1 is 1.10 bits per heavy atom. The lowest BCUT2D eigenvalue weighted by molar-refractivity contribution is 0.916. The van der Waals surface area contributed by atoms with E-state index in [9.17, 15) is 0 Å². The summed E-state index contributed by atoms with van der Waals surface area (Å²) in [6.45, 7) is 0. The Kier molecular flexibility index (Phi) is 2.88. The Morgan fingerprint density at radius 3 is 2.65 bits per heavy atom. The van der Waals surface area contributed by atoms with Crippen molar-refractivity contribution >= 4 is 17.4 Å². The lowest BCUT2D eigenvalue weighted by atomic mass is 10.1. The maximum atomic E-state index is 6.09. The van der Waals surface area contributed by atoms with Gasteiger partial charge in [-0.25, -0.2) is 9.97 Å². The van der Waals surface area contributed by atoms with Crippen LogP contribution in [0.5, 0.6) is 0 Å². The molecule has 0 bridgehead atoms. The quantitative estimate of drug-likeness (QED) is 0.864. The van der Waals surface area contributed by atoms with Crippen LogP contribution in [0.3, 0.4) is 0 Å². The fourth-order valence-electron chi connectivity index (χ4n) is 2.65. The van der Waals surface area contributed by atoms with Crippen molar-refractivity contribution in [1.29, 1.82) is 0 Å². The fourth-order valence-corrected chi connectivity index (χ4v) is 2.84. The molecular formula is C16H16ClN3. The molecule has 2 aromatic rings. The highest BCUT2D eigenvalue weighted by Gasteiger charge is 2.38. The summed E-state index contributed by atoms with van der Waals surface area (Å²) in [5, 5.41) is 4.04. The maximum absolute atomic E-state index is 6.09. The van der Waals surface area contributed by atoms with Crippen LogP contribution in [0, 0.1) is 0 Å². The van der Waals surface area contributed by atoms with E-state index in [1.807, 2.05) is 6.07 Å². The van der Waals surface area contributed by atoms with Crippen molar-refractivity contribution in [2.24, 2.45) is 0 Å². The van der Waals surface area contributed by atoms with Crippen LogP contribution in [0.15, 0.2) is 36.4 Å². The van der Waals surface area contributed by atoms with Crippen LogP contribution in [0.25, 0.3) is 0 Å². The van der Waals surface area contributed by atoms with Gasteiger partial charge in [0.2, 0.25) is 0 Å². The second-order valence-corrected chi connectivity index (χ2v) is 6.10. The Hall–Kier alpha value is -1.61. The molecule has 1 aromatic carbocycles. The number of nitrogens with one attached hydrogen (secondary N) is 1. The number of anilines is 1. The average molecular weight is 286 g/mol. The molecule has 2 aliphatic carbocycles. The molecule has 2 aliphatic rings. The summed E-state index contributed by atoms with van der Waals surface area (Å²) in [6, 6.07) is 12.9. The molecule has 4 heteroatoms. The molecule has 1 heterocycles. The molecule has 2 atom stereocenters. The zero-order chi connectivity index (χ0) is 13.5. The molecule has 2 unspecified atom stereocenters. The molecule has 0 saturated heterocycles. The standard InChI is InChI=1S/C16H16ClN3/c17-14-9-15(20-16(19-14)11-6-7-11)18-13-8-12(13)10-4-2-1-3-5-10/h1-5,9,11-13H,6-8H2,(H,18,19,20). The second-order valence-electron chi connectivity index (χ2n) is 5.71. The molecule has 0 aliphatic heterocycles. The van der Waals surface area contributed by atoms with Crippen LogP contribution in [0.2, 0.25) is 5.15 Å². The minimum absolute atomic E-state index is 0.468. The molecule has 1 N–H and O–H groups in total. The van der Waals surface area contributed by atoms with Gasteiger partial charge in [-0.2, -0.15) is 0 Å². The van der Waals surface area contributed by atoms with Gasteiger partial charge in [0.15, 0.2) is 0 Å². The van der Waals surface area contributed by atoms with E-state index in [-0.39, 0.29) is 0 Å². The van der Waals surface area contributed by atoms with Crippen molar-refractivity contribution in [3.63, 3.8) is 0 Å². The van der Waals surface area contributed by atoms with Gasteiger partial charge in [-0.05, 0) is 24.8 Å².